The molecule has 0 aliphatic rings. The molecule has 0 heterocycles. The molecule has 0 aromatic heterocycles. The fourth-order valence-electron chi connectivity index (χ4n) is 0.445. The molecule has 0 amide bonds. The van der Waals surface area contributed by atoms with Crippen molar-refractivity contribution in [3.63, 3.8) is 0 Å². The third-order valence-corrected chi connectivity index (χ3v) is 5.06. The predicted molar refractivity (Wildman–Crippen MR) is 48.4 cm³/mol. The molecule has 0 radical (unpaired) electrons. The Balaban J connectivity index is 4.40. The van der Waals surface area contributed by atoms with Gasteiger partial charge in [0.05, 0.1) is 13.3 Å². The number of rotatable bonds is 2. The van der Waals surface area contributed by atoms with Crippen LogP contribution in [0.25, 0.3) is 0 Å². The van der Waals surface area contributed by atoms with E-state index in [0.717, 1.165) is 0 Å². The minimum Gasteiger partial charge on any atom is -0.388 e. The normalized spacial score (nSPS) is 19.4. The van der Waals surface area contributed by atoms with Crippen molar-refractivity contribution in [1.82, 2.24) is 0 Å². The van der Waals surface area contributed by atoms with Gasteiger partial charge in [-0.1, -0.05) is 19.6 Å². The maximum atomic E-state index is 9.76. The van der Waals surface area contributed by atoms with Crippen LogP contribution in [-0.2, 0) is 0 Å². The summed E-state index contributed by atoms with van der Waals surface area (Å²) in [5, 5.41) is 9.10. The zero-order valence-corrected chi connectivity index (χ0v) is 8.47. The van der Waals surface area contributed by atoms with E-state index in [1.807, 2.05) is 6.92 Å². The van der Waals surface area contributed by atoms with Gasteiger partial charge in [0.1, 0.15) is 0 Å². The van der Waals surface area contributed by atoms with E-state index in [-0.39, 0.29) is 0 Å². The molecule has 0 saturated heterocycles. The standard InChI is InChI=1S/C7H17NOSi/c1-7(9,6-8-2)10(3,4)5/h6,9H,1-5H3. The largest absolute Gasteiger partial charge is 0.388 e. The molecule has 0 aromatic rings. The second-order valence-corrected chi connectivity index (χ2v) is 9.30. The summed E-state index contributed by atoms with van der Waals surface area (Å²) in [5.74, 6) is 0. The van der Waals surface area contributed by atoms with Gasteiger partial charge in [-0.3, -0.25) is 4.99 Å². The molecule has 60 valence electrons. The summed E-state index contributed by atoms with van der Waals surface area (Å²) in [4.78, 5) is 3.83. The van der Waals surface area contributed by atoms with Gasteiger partial charge in [0.2, 0.25) is 0 Å². The fraction of sp³-hybridized carbons (Fsp3) is 0.857. The molecular weight excluding hydrogens is 142 g/mol. The first-order valence-electron chi connectivity index (χ1n) is 3.47. The van der Waals surface area contributed by atoms with Crippen molar-refractivity contribution in [2.45, 2.75) is 31.8 Å². The van der Waals surface area contributed by atoms with Crippen molar-refractivity contribution in [3.05, 3.63) is 0 Å². The molecule has 0 aliphatic carbocycles. The van der Waals surface area contributed by atoms with E-state index in [4.69, 9.17) is 0 Å². The summed E-state index contributed by atoms with van der Waals surface area (Å²) in [6.07, 6.45) is 1.64. The van der Waals surface area contributed by atoms with E-state index in [9.17, 15) is 5.11 Å². The van der Waals surface area contributed by atoms with Crippen LogP contribution < -0.4 is 0 Å². The maximum Gasteiger partial charge on any atom is 0.0886 e. The van der Waals surface area contributed by atoms with Crippen LogP contribution in [0.1, 0.15) is 6.92 Å². The minimum atomic E-state index is -1.50. The molecular formula is C7H17NOSi. The predicted octanol–water partition coefficient (Wildman–Crippen LogP) is 1.32. The lowest BCUT2D eigenvalue weighted by atomic mass is 10.4. The van der Waals surface area contributed by atoms with Crippen molar-refractivity contribution >= 4 is 14.3 Å². The summed E-state index contributed by atoms with van der Waals surface area (Å²) in [7, 11) is 0.190. The third kappa shape index (κ3) is 2.23. The van der Waals surface area contributed by atoms with E-state index in [2.05, 4.69) is 24.6 Å². The minimum absolute atomic E-state index is 0.665. The van der Waals surface area contributed by atoms with Crippen LogP contribution in [-0.4, -0.2) is 31.7 Å². The van der Waals surface area contributed by atoms with Crippen LogP contribution in [0.4, 0.5) is 0 Å². The topological polar surface area (TPSA) is 32.6 Å². The van der Waals surface area contributed by atoms with E-state index >= 15 is 0 Å². The number of hydrogen-bond donors (Lipinski definition) is 1. The molecule has 1 atom stereocenters. The average Bonchev–Trinajstić information content (AvgIpc) is 1.61. The maximum absolute atomic E-state index is 9.76. The molecule has 0 aliphatic heterocycles. The van der Waals surface area contributed by atoms with Crippen molar-refractivity contribution in [1.29, 1.82) is 0 Å². The molecule has 0 aromatic carbocycles. The monoisotopic (exact) mass is 159 g/mol. The number of nitrogens with zero attached hydrogens (tertiary/aromatic N) is 1. The summed E-state index contributed by atoms with van der Waals surface area (Å²) in [6, 6.07) is 0. The quantitative estimate of drug-likeness (QED) is 0.478. The molecule has 0 saturated carbocycles. The number of aliphatic imine (C=N–C) groups is 1. The SMILES string of the molecule is CN=CC(C)(O)[Si](C)(C)C. The summed E-state index contributed by atoms with van der Waals surface area (Å²) in [6.45, 7) is 8.18. The summed E-state index contributed by atoms with van der Waals surface area (Å²) >= 11 is 0. The van der Waals surface area contributed by atoms with Gasteiger partial charge in [0.15, 0.2) is 0 Å². The van der Waals surface area contributed by atoms with Gasteiger partial charge in [-0.05, 0) is 6.92 Å². The Morgan fingerprint density at radius 3 is 1.90 bits per heavy atom. The lowest BCUT2D eigenvalue weighted by molar-refractivity contribution is 0.212. The first kappa shape index (κ1) is 9.85. The third-order valence-electron chi connectivity index (χ3n) is 1.90. The van der Waals surface area contributed by atoms with Crippen LogP contribution in [0.2, 0.25) is 19.6 Å². The van der Waals surface area contributed by atoms with E-state index in [1.165, 1.54) is 0 Å². The molecule has 1 unspecified atom stereocenters. The average molecular weight is 159 g/mol. The van der Waals surface area contributed by atoms with Gasteiger partial charge in [-0.25, -0.2) is 0 Å². The highest BCUT2D eigenvalue weighted by molar-refractivity contribution is 6.81. The molecule has 0 spiro atoms. The van der Waals surface area contributed by atoms with Gasteiger partial charge < -0.3 is 5.11 Å². The Morgan fingerprint density at radius 1 is 1.40 bits per heavy atom. The van der Waals surface area contributed by atoms with Crippen molar-refractivity contribution < 1.29 is 5.11 Å². The van der Waals surface area contributed by atoms with Gasteiger partial charge in [-0.15, -0.1) is 0 Å². The molecule has 0 fully saturated rings. The second kappa shape index (κ2) is 2.84. The molecule has 3 heteroatoms. The van der Waals surface area contributed by atoms with Gasteiger partial charge in [0.25, 0.3) is 0 Å². The smallest absolute Gasteiger partial charge is 0.0886 e. The van der Waals surface area contributed by atoms with Crippen LogP contribution in [0.15, 0.2) is 4.99 Å². The Morgan fingerprint density at radius 2 is 1.80 bits per heavy atom. The fourth-order valence-corrected chi connectivity index (χ4v) is 0.961. The molecule has 1 N–H and O–H groups in total. The summed E-state index contributed by atoms with van der Waals surface area (Å²) < 4.78 is 0. The zero-order chi connectivity index (χ0) is 8.41. The lowest BCUT2D eigenvalue weighted by Gasteiger charge is -2.31. The highest BCUT2D eigenvalue weighted by atomic mass is 28.3. The Kier molecular flexibility index (Phi) is 2.80. The lowest BCUT2D eigenvalue weighted by Crippen LogP contribution is -2.51. The van der Waals surface area contributed by atoms with Crippen LogP contribution in [0.3, 0.4) is 0 Å². The number of aliphatic hydroxyl groups is 1. The van der Waals surface area contributed by atoms with Crippen molar-refractivity contribution in [2.24, 2.45) is 4.99 Å². The molecule has 10 heavy (non-hydrogen) atoms. The number of hydrogen-bond acceptors (Lipinski definition) is 2. The van der Waals surface area contributed by atoms with Crippen LogP contribution in [0, 0.1) is 0 Å². The van der Waals surface area contributed by atoms with Gasteiger partial charge in [0, 0.05) is 13.3 Å². The van der Waals surface area contributed by atoms with Crippen molar-refractivity contribution in [2.75, 3.05) is 7.05 Å². The molecule has 0 rings (SSSR count). The van der Waals surface area contributed by atoms with Gasteiger partial charge in [-0.2, -0.15) is 0 Å². The van der Waals surface area contributed by atoms with E-state index < -0.39 is 13.3 Å². The Labute approximate surface area is 64.0 Å². The highest BCUT2D eigenvalue weighted by Gasteiger charge is 2.35. The molecule has 0 bridgehead atoms. The Hall–Kier alpha value is -0.153. The summed E-state index contributed by atoms with van der Waals surface area (Å²) in [5.41, 5.74) is 0. The zero-order valence-electron chi connectivity index (χ0n) is 7.47. The first-order chi connectivity index (χ1) is 4.31. The highest BCUT2D eigenvalue weighted by Crippen LogP contribution is 2.17. The molecule has 2 nitrogen and oxygen atoms in total. The van der Waals surface area contributed by atoms with Crippen LogP contribution >= 0.6 is 0 Å². The van der Waals surface area contributed by atoms with Crippen molar-refractivity contribution in [3.8, 4) is 0 Å². The van der Waals surface area contributed by atoms with E-state index in [0.29, 0.717) is 0 Å². The first-order valence-corrected chi connectivity index (χ1v) is 6.97. The van der Waals surface area contributed by atoms with Crippen LogP contribution in [0.5, 0.6) is 0 Å². The second-order valence-electron chi connectivity index (χ2n) is 3.78. The van der Waals surface area contributed by atoms with E-state index in [1.54, 1.807) is 13.3 Å². The Bertz CT molecular complexity index is 135. The van der Waals surface area contributed by atoms with Gasteiger partial charge >= 0.3 is 0 Å².